The molecule has 0 amide bonds. The summed E-state index contributed by atoms with van der Waals surface area (Å²) in [6.07, 6.45) is 1.93. The molecule has 6 nitrogen and oxygen atoms in total. The van der Waals surface area contributed by atoms with E-state index in [1.54, 1.807) is 14.0 Å². The van der Waals surface area contributed by atoms with Gasteiger partial charge in [-0.3, -0.25) is 9.80 Å². The van der Waals surface area contributed by atoms with E-state index < -0.39 is 5.97 Å². The van der Waals surface area contributed by atoms with Crippen molar-refractivity contribution in [1.29, 1.82) is 0 Å². The van der Waals surface area contributed by atoms with Gasteiger partial charge in [0.25, 0.3) is 0 Å². The van der Waals surface area contributed by atoms with E-state index in [0.717, 1.165) is 25.9 Å². The average Bonchev–Trinajstić information content (AvgIpc) is 2.28. The molecule has 0 radical (unpaired) electrons. The summed E-state index contributed by atoms with van der Waals surface area (Å²) < 4.78 is 0. The molecule has 1 aliphatic rings. The van der Waals surface area contributed by atoms with Crippen LogP contribution < -0.4 is 0 Å². The Morgan fingerprint density at radius 1 is 1.69 bits per heavy atom. The number of aliphatic carboxylic acids is 1. The van der Waals surface area contributed by atoms with Crippen LogP contribution >= 0.6 is 0 Å². The summed E-state index contributed by atoms with van der Waals surface area (Å²) in [5.41, 5.74) is 0. The molecule has 1 N–H and O–H groups in total. The number of carbonyl (C=O) groups is 1. The lowest BCUT2D eigenvalue weighted by Crippen LogP contribution is -2.46. The molecule has 0 saturated carbocycles. The van der Waals surface area contributed by atoms with E-state index in [0.29, 0.717) is 6.54 Å². The Morgan fingerprint density at radius 2 is 2.38 bits per heavy atom. The van der Waals surface area contributed by atoms with Crippen molar-refractivity contribution >= 4 is 5.97 Å². The molecule has 0 aromatic rings. The number of carboxylic acids is 1. The molecule has 6 heteroatoms. The lowest BCUT2D eigenvalue weighted by atomic mass is 10.0. The maximum atomic E-state index is 10.7. The van der Waals surface area contributed by atoms with Crippen molar-refractivity contribution in [3.05, 3.63) is 4.91 Å². The maximum absolute atomic E-state index is 10.7. The van der Waals surface area contributed by atoms with Gasteiger partial charge in [-0.25, -0.2) is 0 Å². The monoisotopic (exact) mass is 229 g/mol. The van der Waals surface area contributed by atoms with Gasteiger partial charge in [-0.15, -0.1) is 4.91 Å². The maximum Gasteiger partial charge on any atom is 0.307 e. The van der Waals surface area contributed by atoms with Crippen LogP contribution in [0.4, 0.5) is 0 Å². The molecule has 0 spiro atoms. The van der Waals surface area contributed by atoms with Gasteiger partial charge in [-0.05, 0) is 19.4 Å². The molecular weight excluding hydrogens is 210 g/mol. The highest BCUT2D eigenvalue weighted by atomic mass is 16.4. The molecule has 92 valence electrons. The Kier molecular flexibility index (Phi) is 4.67. The number of carboxylic acid groups (broad SMARTS) is 1. The van der Waals surface area contributed by atoms with Crippen molar-refractivity contribution in [1.82, 2.24) is 9.91 Å². The molecule has 1 rings (SSSR count). The Labute approximate surface area is 95.2 Å². The third-order valence-electron chi connectivity index (χ3n) is 3.09. The minimum atomic E-state index is -0.774. The number of rotatable bonds is 5. The second kappa shape index (κ2) is 5.79. The Hall–Kier alpha value is -1.17. The van der Waals surface area contributed by atoms with Gasteiger partial charge in [0.15, 0.2) is 0 Å². The van der Waals surface area contributed by atoms with Gasteiger partial charge >= 0.3 is 5.97 Å². The third kappa shape index (κ3) is 3.44. The fraction of sp³-hybridized carbons (Fsp3) is 0.900. The normalized spacial score (nSPS) is 23.8. The summed E-state index contributed by atoms with van der Waals surface area (Å²) in [4.78, 5) is 23.2. The summed E-state index contributed by atoms with van der Waals surface area (Å²) in [6, 6.07) is 0.118. The van der Waals surface area contributed by atoms with E-state index >= 15 is 0 Å². The number of hydrogen-bond donors (Lipinski definition) is 1. The van der Waals surface area contributed by atoms with E-state index in [9.17, 15) is 9.70 Å². The van der Waals surface area contributed by atoms with Gasteiger partial charge in [0.05, 0.1) is 17.2 Å². The lowest BCUT2D eigenvalue weighted by molar-refractivity contribution is -0.141. The topological polar surface area (TPSA) is 73.2 Å². The van der Waals surface area contributed by atoms with Crippen LogP contribution in [0.5, 0.6) is 0 Å². The van der Waals surface area contributed by atoms with Crippen molar-refractivity contribution in [2.24, 2.45) is 11.2 Å². The van der Waals surface area contributed by atoms with Crippen molar-refractivity contribution < 1.29 is 9.90 Å². The first-order chi connectivity index (χ1) is 7.54. The average molecular weight is 229 g/mol. The summed E-state index contributed by atoms with van der Waals surface area (Å²) in [5, 5.41) is 13.2. The van der Waals surface area contributed by atoms with Gasteiger partial charge < -0.3 is 10.0 Å². The Bertz CT molecular complexity index is 260. The summed E-state index contributed by atoms with van der Waals surface area (Å²) in [7, 11) is 1.67. The minimum Gasteiger partial charge on any atom is -0.481 e. The van der Waals surface area contributed by atoms with Crippen LogP contribution in [0.1, 0.15) is 19.8 Å². The van der Waals surface area contributed by atoms with Gasteiger partial charge in [0, 0.05) is 20.1 Å². The van der Waals surface area contributed by atoms with Crippen LogP contribution in [0.3, 0.4) is 0 Å². The van der Waals surface area contributed by atoms with Crippen LogP contribution in [-0.4, -0.2) is 53.7 Å². The first kappa shape index (κ1) is 12.9. The number of hydrogen-bond acceptors (Lipinski definition) is 4. The number of likely N-dealkylation sites (N-methyl/N-ethyl adjacent to an activating group) is 1. The standard InChI is InChI=1S/C10H19N3O3/c1-8(10(14)15)6-13-5-3-4-9(7-13)12(2)11-16/h8-9H,3-7H2,1-2H3,(H,14,15). The fourth-order valence-corrected chi connectivity index (χ4v) is 2.03. The highest BCUT2D eigenvalue weighted by molar-refractivity contribution is 5.69. The number of nitrogens with zero attached hydrogens (tertiary/aromatic N) is 3. The van der Waals surface area contributed by atoms with Crippen molar-refractivity contribution in [2.45, 2.75) is 25.8 Å². The van der Waals surface area contributed by atoms with E-state index in [1.807, 2.05) is 0 Å². The molecule has 0 aromatic carbocycles. The molecule has 0 aromatic heterocycles. The molecule has 2 atom stereocenters. The molecule has 0 bridgehead atoms. The summed E-state index contributed by atoms with van der Waals surface area (Å²) in [5.74, 6) is -1.14. The van der Waals surface area contributed by atoms with Crippen molar-refractivity contribution in [3.8, 4) is 0 Å². The predicted molar refractivity (Wildman–Crippen MR) is 59.8 cm³/mol. The fourth-order valence-electron chi connectivity index (χ4n) is 2.03. The van der Waals surface area contributed by atoms with E-state index in [4.69, 9.17) is 5.11 Å². The summed E-state index contributed by atoms with van der Waals surface area (Å²) in [6.45, 7) is 3.87. The largest absolute Gasteiger partial charge is 0.481 e. The zero-order valence-corrected chi connectivity index (χ0v) is 9.80. The van der Waals surface area contributed by atoms with E-state index in [-0.39, 0.29) is 12.0 Å². The van der Waals surface area contributed by atoms with Gasteiger partial charge in [0.1, 0.15) is 0 Å². The first-order valence-electron chi connectivity index (χ1n) is 5.56. The molecule has 16 heavy (non-hydrogen) atoms. The van der Waals surface area contributed by atoms with Gasteiger partial charge in [-0.1, -0.05) is 6.92 Å². The van der Waals surface area contributed by atoms with Crippen LogP contribution in [-0.2, 0) is 4.79 Å². The van der Waals surface area contributed by atoms with Gasteiger partial charge in [-0.2, -0.15) is 0 Å². The minimum absolute atomic E-state index is 0.118. The Morgan fingerprint density at radius 3 is 2.94 bits per heavy atom. The highest BCUT2D eigenvalue weighted by Crippen LogP contribution is 2.16. The lowest BCUT2D eigenvalue weighted by Gasteiger charge is -2.35. The SMILES string of the molecule is CC(CN1CCCC(N(C)N=O)C1)C(=O)O. The zero-order valence-electron chi connectivity index (χ0n) is 9.80. The molecule has 1 fully saturated rings. The predicted octanol–water partition coefficient (Wildman–Crippen LogP) is 0.785. The van der Waals surface area contributed by atoms with Crippen molar-refractivity contribution in [3.63, 3.8) is 0 Å². The molecular formula is C10H19N3O3. The van der Waals surface area contributed by atoms with E-state index in [1.165, 1.54) is 5.01 Å². The molecule has 1 aliphatic heterocycles. The van der Waals surface area contributed by atoms with Gasteiger partial charge in [0.2, 0.25) is 0 Å². The summed E-state index contributed by atoms with van der Waals surface area (Å²) >= 11 is 0. The molecule has 1 saturated heterocycles. The molecule has 1 heterocycles. The third-order valence-corrected chi connectivity index (χ3v) is 3.09. The highest BCUT2D eigenvalue weighted by Gasteiger charge is 2.25. The quantitative estimate of drug-likeness (QED) is 0.557. The van der Waals surface area contributed by atoms with Crippen LogP contribution in [0.2, 0.25) is 0 Å². The smallest absolute Gasteiger partial charge is 0.307 e. The number of nitroso groups, excluding NO2 is 1. The Balaban J connectivity index is 2.44. The second-order valence-corrected chi connectivity index (χ2v) is 4.45. The zero-order chi connectivity index (χ0) is 12.1. The van der Waals surface area contributed by atoms with Crippen molar-refractivity contribution in [2.75, 3.05) is 26.7 Å². The molecule has 2 unspecified atom stereocenters. The number of piperidine rings is 1. The first-order valence-corrected chi connectivity index (χ1v) is 5.56. The van der Waals surface area contributed by atoms with Crippen LogP contribution in [0.15, 0.2) is 5.29 Å². The second-order valence-electron chi connectivity index (χ2n) is 4.45. The van der Waals surface area contributed by atoms with Crippen LogP contribution in [0, 0.1) is 10.8 Å². The molecule has 0 aliphatic carbocycles. The van der Waals surface area contributed by atoms with Crippen LogP contribution in [0.25, 0.3) is 0 Å². The number of likely N-dealkylation sites (tertiary alicyclic amines) is 1. The van der Waals surface area contributed by atoms with E-state index in [2.05, 4.69) is 10.2 Å².